The number of hydrogen-bond donors (Lipinski definition) is 0. The number of ketones is 1. The van der Waals surface area contributed by atoms with E-state index in [9.17, 15) is 9.59 Å². The van der Waals surface area contributed by atoms with Gasteiger partial charge in [0.1, 0.15) is 11.3 Å². The Morgan fingerprint density at radius 2 is 1.85 bits per heavy atom. The van der Waals surface area contributed by atoms with E-state index in [2.05, 4.69) is 0 Å². The first-order valence-electron chi connectivity index (χ1n) is 8.68. The summed E-state index contributed by atoms with van der Waals surface area (Å²) in [6.07, 6.45) is 2.88. The highest BCUT2D eigenvalue weighted by Gasteiger charge is 2.07. The van der Waals surface area contributed by atoms with E-state index in [0.29, 0.717) is 29.1 Å². The molecule has 0 amide bonds. The van der Waals surface area contributed by atoms with Crippen LogP contribution in [0.15, 0.2) is 63.8 Å². The molecule has 3 rings (SSSR count). The summed E-state index contributed by atoms with van der Waals surface area (Å²) in [6.45, 7) is 2.42. The summed E-state index contributed by atoms with van der Waals surface area (Å²) in [6, 6.07) is 14.3. The van der Waals surface area contributed by atoms with Crippen LogP contribution in [0.1, 0.15) is 22.8 Å². The van der Waals surface area contributed by atoms with Crippen LogP contribution in [0.5, 0.6) is 5.75 Å². The van der Waals surface area contributed by atoms with Crippen LogP contribution < -0.4 is 15.3 Å². The van der Waals surface area contributed by atoms with Crippen molar-refractivity contribution < 1.29 is 13.9 Å². The molecule has 1 aromatic heterocycles. The average molecular weight is 363 g/mol. The Bertz CT molecular complexity index is 1050. The van der Waals surface area contributed by atoms with Crippen molar-refractivity contribution in [1.82, 2.24) is 0 Å². The van der Waals surface area contributed by atoms with Gasteiger partial charge in [0.05, 0.1) is 12.2 Å². The summed E-state index contributed by atoms with van der Waals surface area (Å²) >= 11 is 0. The SMILES string of the molecule is CCOc1ccc2cc(/C=C/C(=O)c3ccc(N(C)C)cc3)c(=O)oc2c1. The highest BCUT2D eigenvalue weighted by atomic mass is 16.5. The van der Waals surface area contributed by atoms with Gasteiger partial charge in [-0.05, 0) is 61.5 Å². The highest BCUT2D eigenvalue weighted by Crippen LogP contribution is 2.21. The van der Waals surface area contributed by atoms with E-state index in [1.165, 1.54) is 12.2 Å². The van der Waals surface area contributed by atoms with E-state index < -0.39 is 5.63 Å². The average Bonchev–Trinajstić information content (AvgIpc) is 2.66. The van der Waals surface area contributed by atoms with Crippen LogP contribution in [0.2, 0.25) is 0 Å². The Kier molecular flexibility index (Phi) is 5.41. The molecular formula is C22H21NO4. The van der Waals surface area contributed by atoms with Crippen molar-refractivity contribution in [3.8, 4) is 5.75 Å². The lowest BCUT2D eigenvalue weighted by Gasteiger charge is -2.11. The summed E-state index contributed by atoms with van der Waals surface area (Å²) < 4.78 is 10.8. The van der Waals surface area contributed by atoms with Crippen molar-refractivity contribution in [2.75, 3.05) is 25.6 Å². The van der Waals surface area contributed by atoms with Gasteiger partial charge in [-0.1, -0.05) is 0 Å². The van der Waals surface area contributed by atoms with E-state index in [1.807, 2.05) is 50.2 Å². The lowest BCUT2D eigenvalue weighted by molar-refractivity contribution is 0.104. The number of allylic oxidation sites excluding steroid dienone is 1. The fourth-order valence-corrected chi connectivity index (χ4v) is 2.67. The molecule has 0 saturated heterocycles. The second-order valence-corrected chi connectivity index (χ2v) is 6.26. The number of fused-ring (bicyclic) bond motifs is 1. The number of hydrogen-bond acceptors (Lipinski definition) is 5. The smallest absolute Gasteiger partial charge is 0.343 e. The second kappa shape index (κ2) is 7.91. The third kappa shape index (κ3) is 4.26. The lowest BCUT2D eigenvalue weighted by atomic mass is 10.1. The maximum absolute atomic E-state index is 12.3. The van der Waals surface area contributed by atoms with Gasteiger partial charge in [0.25, 0.3) is 0 Å². The molecule has 138 valence electrons. The molecule has 0 atom stereocenters. The van der Waals surface area contributed by atoms with Gasteiger partial charge in [-0.15, -0.1) is 0 Å². The molecule has 5 heteroatoms. The summed E-state index contributed by atoms with van der Waals surface area (Å²) in [4.78, 5) is 26.5. The lowest BCUT2D eigenvalue weighted by Crippen LogP contribution is -2.08. The minimum atomic E-state index is -0.497. The third-order valence-electron chi connectivity index (χ3n) is 4.13. The molecule has 0 aliphatic heterocycles. The molecule has 27 heavy (non-hydrogen) atoms. The number of anilines is 1. The molecule has 0 unspecified atom stereocenters. The quantitative estimate of drug-likeness (QED) is 0.374. The zero-order chi connectivity index (χ0) is 19.4. The van der Waals surface area contributed by atoms with E-state index >= 15 is 0 Å². The molecule has 1 heterocycles. The van der Waals surface area contributed by atoms with Crippen molar-refractivity contribution in [3.63, 3.8) is 0 Å². The monoisotopic (exact) mass is 363 g/mol. The van der Waals surface area contributed by atoms with Crippen LogP contribution >= 0.6 is 0 Å². The van der Waals surface area contributed by atoms with Gasteiger partial charge < -0.3 is 14.1 Å². The molecule has 0 aliphatic carbocycles. The zero-order valence-electron chi connectivity index (χ0n) is 15.6. The normalized spacial score (nSPS) is 11.1. The number of ether oxygens (including phenoxy) is 1. The van der Waals surface area contributed by atoms with Crippen molar-refractivity contribution in [2.45, 2.75) is 6.92 Å². The number of benzene rings is 2. The van der Waals surface area contributed by atoms with Crippen LogP contribution in [0, 0.1) is 0 Å². The number of carbonyl (C=O) groups is 1. The predicted octanol–water partition coefficient (Wildman–Crippen LogP) is 4.15. The van der Waals surface area contributed by atoms with Gasteiger partial charge in [0.15, 0.2) is 5.78 Å². The summed E-state index contributed by atoms with van der Waals surface area (Å²) in [7, 11) is 3.88. The summed E-state index contributed by atoms with van der Waals surface area (Å²) in [5, 5.41) is 0.764. The Morgan fingerprint density at radius 3 is 2.52 bits per heavy atom. The van der Waals surface area contributed by atoms with Gasteiger partial charge in [-0.3, -0.25) is 4.79 Å². The Labute approximate surface area is 157 Å². The van der Waals surface area contributed by atoms with Gasteiger partial charge in [0, 0.05) is 36.8 Å². The van der Waals surface area contributed by atoms with E-state index in [0.717, 1.165) is 11.1 Å². The van der Waals surface area contributed by atoms with Crippen LogP contribution in [-0.2, 0) is 0 Å². The molecule has 0 N–H and O–H groups in total. The van der Waals surface area contributed by atoms with Gasteiger partial charge in [-0.2, -0.15) is 0 Å². The third-order valence-corrected chi connectivity index (χ3v) is 4.13. The van der Waals surface area contributed by atoms with E-state index in [4.69, 9.17) is 9.15 Å². The van der Waals surface area contributed by atoms with Crippen molar-refractivity contribution in [3.05, 3.63) is 76.2 Å². The number of nitrogens with zero attached hydrogens (tertiary/aromatic N) is 1. The molecule has 0 radical (unpaired) electrons. The Balaban J connectivity index is 1.84. The van der Waals surface area contributed by atoms with Crippen LogP contribution in [-0.4, -0.2) is 26.5 Å². The van der Waals surface area contributed by atoms with Crippen LogP contribution in [0.3, 0.4) is 0 Å². The molecule has 0 aliphatic rings. The van der Waals surface area contributed by atoms with Gasteiger partial charge in [0.2, 0.25) is 0 Å². The molecule has 2 aromatic carbocycles. The van der Waals surface area contributed by atoms with Crippen LogP contribution in [0.4, 0.5) is 5.69 Å². The highest BCUT2D eigenvalue weighted by molar-refractivity contribution is 6.07. The molecule has 3 aromatic rings. The fraction of sp³-hybridized carbons (Fsp3) is 0.182. The van der Waals surface area contributed by atoms with Gasteiger partial charge >= 0.3 is 5.63 Å². The standard InChI is InChI=1S/C22H21NO4/c1-4-26-19-11-7-16-13-17(22(25)27-21(16)14-19)8-12-20(24)15-5-9-18(10-6-15)23(2)3/h5-14H,4H2,1-3H3/b12-8+. The number of rotatable bonds is 6. The summed E-state index contributed by atoms with van der Waals surface area (Å²) in [5.41, 5.74) is 1.85. The molecule has 0 saturated carbocycles. The largest absolute Gasteiger partial charge is 0.494 e. The Morgan fingerprint density at radius 1 is 1.11 bits per heavy atom. The second-order valence-electron chi connectivity index (χ2n) is 6.26. The molecule has 0 spiro atoms. The van der Waals surface area contributed by atoms with Crippen molar-refractivity contribution >= 4 is 28.5 Å². The van der Waals surface area contributed by atoms with Crippen LogP contribution in [0.25, 0.3) is 17.0 Å². The maximum atomic E-state index is 12.3. The fourth-order valence-electron chi connectivity index (χ4n) is 2.67. The minimum absolute atomic E-state index is 0.175. The maximum Gasteiger partial charge on any atom is 0.343 e. The molecule has 0 bridgehead atoms. The zero-order valence-corrected chi connectivity index (χ0v) is 15.6. The first-order chi connectivity index (χ1) is 13.0. The Hall–Kier alpha value is -3.34. The van der Waals surface area contributed by atoms with Crippen molar-refractivity contribution in [2.24, 2.45) is 0 Å². The molecular weight excluding hydrogens is 342 g/mol. The number of carbonyl (C=O) groups excluding carboxylic acids is 1. The van der Waals surface area contributed by atoms with Gasteiger partial charge in [-0.25, -0.2) is 4.79 Å². The van der Waals surface area contributed by atoms with E-state index in [1.54, 1.807) is 24.3 Å². The first kappa shape index (κ1) is 18.5. The molecule has 5 nitrogen and oxygen atoms in total. The van der Waals surface area contributed by atoms with E-state index in [-0.39, 0.29) is 5.78 Å². The van der Waals surface area contributed by atoms with Crippen molar-refractivity contribution in [1.29, 1.82) is 0 Å². The topological polar surface area (TPSA) is 59.8 Å². The first-order valence-corrected chi connectivity index (χ1v) is 8.68. The summed E-state index contributed by atoms with van der Waals surface area (Å²) in [5.74, 6) is 0.472. The molecule has 0 fully saturated rings. The predicted molar refractivity (Wildman–Crippen MR) is 108 cm³/mol. The minimum Gasteiger partial charge on any atom is -0.494 e.